The van der Waals surface area contributed by atoms with Gasteiger partial charge in [-0.3, -0.25) is 18.2 Å². The van der Waals surface area contributed by atoms with Crippen LogP contribution in [0.3, 0.4) is 0 Å². The Morgan fingerprint density at radius 2 is 0.732 bits per heavy atom. The third kappa shape index (κ3) is 7.02. The number of aromatic nitrogens is 6. The van der Waals surface area contributed by atoms with Crippen molar-refractivity contribution in [1.29, 1.82) is 0 Å². The summed E-state index contributed by atoms with van der Waals surface area (Å²) in [4.78, 5) is 0.359. The second-order valence-electron chi connectivity index (χ2n) is 12.4. The van der Waals surface area contributed by atoms with E-state index in [1.54, 1.807) is 12.1 Å². The predicted octanol–water partition coefficient (Wildman–Crippen LogP) is 4.62. The van der Waals surface area contributed by atoms with Crippen LogP contribution in [0.2, 0.25) is 0 Å². The summed E-state index contributed by atoms with van der Waals surface area (Å²) in [6.45, 7) is 0. The Morgan fingerprint density at radius 1 is 0.393 bits per heavy atom. The lowest BCUT2D eigenvalue weighted by molar-refractivity contribution is 0.480. The van der Waals surface area contributed by atoms with E-state index in [1.807, 2.05) is 0 Å². The molecule has 0 aliphatic heterocycles. The van der Waals surface area contributed by atoms with E-state index in [4.69, 9.17) is 0 Å². The summed E-state index contributed by atoms with van der Waals surface area (Å²) < 4.78 is 136. The molecule has 2 heterocycles. The number of rotatable bonds is 8. The van der Waals surface area contributed by atoms with Gasteiger partial charge in [0.15, 0.2) is 0 Å². The second-order valence-corrected chi connectivity index (χ2v) is 18.0. The van der Waals surface area contributed by atoms with Crippen LogP contribution in [-0.4, -0.2) is 81.9 Å². The van der Waals surface area contributed by atoms with Crippen molar-refractivity contribution in [3.8, 4) is 11.4 Å². The molecule has 8 aromatic rings. The number of hydrogen-bond donors (Lipinski definition) is 4. The summed E-state index contributed by atoms with van der Waals surface area (Å²) in [6.07, 6.45) is 2.41. The Bertz CT molecular complexity index is 3260. The molecule has 0 unspecified atom stereocenters. The maximum atomic E-state index is 12.5. The molecule has 0 saturated heterocycles. The molecule has 4 N–H and O–H groups in total. The van der Waals surface area contributed by atoms with Gasteiger partial charge in [0.05, 0.1) is 21.2 Å². The van der Waals surface area contributed by atoms with Gasteiger partial charge in [-0.1, -0.05) is 36.4 Å². The Morgan fingerprint density at radius 3 is 1.05 bits per heavy atom. The van der Waals surface area contributed by atoms with Crippen LogP contribution < -0.4 is 0 Å². The van der Waals surface area contributed by atoms with Gasteiger partial charge in [0.25, 0.3) is 40.5 Å². The van der Waals surface area contributed by atoms with Crippen LogP contribution in [0.25, 0.3) is 67.1 Å². The smallest absolute Gasteiger partial charge is 0.282 e. The minimum atomic E-state index is -4.90. The van der Waals surface area contributed by atoms with E-state index in [-0.39, 0.29) is 32.3 Å². The monoisotopic (exact) mass is 834 g/mol. The molecule has 2 aromatic heterocycles. The van der Waals surface area contributed by atoms with Gasteiger partial charge < -0.3 is 0 Å². The highest BCUT2D eigenvalue weighted by molar-refractivity contribution is 7.86. The predicted molar refractivity (Wildman–Crippen MR) is 201 cm³/mol. The van der Waals surface area contributed by atoms with Crippen LogP contribution in [-0.2, 0) is 40.5 Å². The minimum absolute atomic E-state index is 0.0778. The highest BCUT2D eigenvalue weighted by Crippen LogP contribution is 2.29. The molecule has 0 spiro atoms. The first kappa shape index (κ1) is 37.0. The molecule has 0 atom stereocenters. The van der Waals surface area contributed by atoms with Gasteiger partial charge >= 0.3 is 0 Å². The maximum absolute atomic E-state index is 12.5. The van der Waals surface area contributed by atoms with E-state index in [2.05, 4.69) is 20.4 Å². The van der Waals surface area contributed by atoms with E-state index < -0.39 is 50.3 Å². The van der Waals surface area contributed by atoms with E-state index in [0.29, 0.717) is 43.6 Å². The van der Waals surface area contributed by atoms with Gasteiger partial charge in [-0.2, -0.15) is 43.3 Å². The summed E-state index contributed by atoms with van der Waals surface area (Å²) in [5.41, 5.74) is 1.35. The highest BCUT2D eigenvalue weighted by Gasteiger charge is 2.20. The third-order valence-corrected chi connectivity index (χ3v) is 12.2. The van der Waals surface area contributed by atoms with Crippen molar-refractivity contribution in [2.75, 3.05) is 0 Å². The number of nitrogens with zero attached hydrogens (tertiary/aromatic N) is 6. The molecule has 0 radical (unpaired) electrons. The first-order valence-corrected chi connectivity index (χ1v) is 21.5. The molecular formula is C34H22N6O12S4. The van der Waals surface area contributed by atoms with Crippen LogP contribution in [0.15, 0.2) is 117 Å². The molecule has 18 nitrogen and oxygen atoms in total. The topological polar surface area (TPSA) is 279 Å². The molecule has 0 saturated carbocycles. The minimum Gasteiger partial charge on any atom is -0.282 e. The zero-order valence-corrected chi connectivity index (χ0v) is 31.0. The number of hydrogen-bond acceptors (Lipinski definition) is 12. The molecule has 0 amide bonds. The van der Waals surface area contributed by atoms with Crippen LogP contribution in [0.5, 0.6) is 0 Å². The quantitative estimate of drug-likeness (QED) is 0.120. The molecule has 0 aliphatic carbocycles. The molecule has 0 fully saturated rings. The molecule has 0 aliphatic rings. The van der Waals surface area contributed by atoms with Gasteiger partial charge in [0.2, 0.25) is 0 Å². The van der Waals surface area contributed by atoms with Gasteiger partial charge in [-0.05, 0) is 105 Å². The van der Waals surface area contributed by atoms with E-state index in [1.165, 1.54) is 84.9 Å². The fourth-order valence-corrected chi connectivity index (χ4v) is 8.46. The first-order valence-electron chi connectivity index (χ1n) is 15.7. The second kappa shape index (κ2) is 12.8. The van der Waals surface area contributed by atoms with Gasteiger partial charge in [-0.15, -0.1) is 20.4 Å². The summed E-state index contributed by atoms with van der Waals surface area (Å²) >= 11 is 0. The van der Waals surface area contributed by atoms with Crippen LogP contribution in [0, 0.1) is 0 Å². The average Bonchev–Trinajstić information content (AvgIpc) is 3.73. The SMILES string of the molecule is O=S(=O)(O)c1ccc2cc3nn(-c4ccc(/C=C\c5ccc(-n6nc7cc8ccc(S(=O)(=O)O)cc8cc7n6)cc5S(=O)(=O)O)c(S(=O)(=O)O)c4)nc3cc2c1. The van der Waals surface area contributed by atoms with Crippen molar-refractivity contribution in [3.63, 3.8) is 0 Å². The van der Waals surface area contributed by atoms with Crippen molar-refractivity contribution in [2.24, 2.45) is 0 Å². The van der Waals surface area contributed by atoms with Crippen LogP contribution in [0.4, 0.5) is 0 Å². The molecular weight excluding hydrogens is 813 g/mol. The summed E-state index contributed by atoms with van der Waals surface area (Å²) in [6, 6.07) is 21.8. The van der Waals surface area contributed by atoms with Crippen molar-refractivity contribution >= 4 is 96.2 Å². The Hall–Kier alpha value is -5.98. The highest BCUT2D eigenvalue weighted by atomic mass is 32.2. The lowest BCUT2D eigenvalue weighted by Crippen LogP contribution is -2.06. The molecule has 6 aromatic carbocycles. The fraction of sp³-hybridized carbons (Fsp3) is 0. The van der Waals surface area contributed by atoms with Crippen LogP contribution in [0.1, 0.15) is 11.1 Å². The zero-order valence-electron chi connectivity index (χ0n) is 27.8. The standard InChI is InChI=1S/C34H22N6O12S4/c41-53(42,43)27-9-5-21-13-29-31(15-23(21)11-27)37-39(35-29)25-7-3-19(33(17-25)55(47,48)49)1-2-20-4-8-26(18-34(20)56(50,51)52)40-36-30-14-22-6-10-28(54(44,45)46)12-24(22)16-32(30)38-40/h1-18H,(H,41,42,43)(H,44,45,46)(H,47,48,49)(H,50,51,52)/b2-1-. The average molecular weight is 835 g/mol. The Balaban J connectivity index is 1.14. The van der Waals surface area contributed by atoms with Gasteiger partial charge in [0, 0.05) is 0 Å². The van der Waals surface area contributed by atoms with Crippen molar-refractivity contribution in [3.05, 3.63) is 108 Å². The number of fused-ring (bicyclic) bond motifs is 4. The van der Waals surface area contributed by atoms with Gasteiger partial charge in [0.1, 0.15) is 31.9 Å². The molecule has 22 heteroatoms. The fourth-order valence-electron chi connectivity index (χ4n) is 6.03. The molecule has 0 bridgehead atoms. The normalized spacial score (nSPS) is 13.1. The zero-order chi connectivity index (χ0) is 39.9. The van der Waals surface area contributed by atoms with Crippen LogP contribution >= 0.6 is 0 Å². The summed E-state index contributed by atoms with van der Waals surface area (Å²) in [5.74, 6) is 0. The van der Waals surface area contributed by atoms with E-state index >= 15 is 0 Å². The largest absolute Gasteiger partial charge is 0.295 e. The molecule has 56 heavy (non-hydrogen) atoms. The van der Waals surface area contributed by atoms with Crippen molar-refractivity contribution < 1.29 is 51.9 Å². The first-order chi connectivity index (χ1) is 26.2. The lowest BCUT2D eigenvalue weighted by Gasteiger charge is -2.08. The van der Waals surface area contributed by atoms with E-state index in [9.17, 15) is 51.9 Å². The van der Waals surface area contributed by atoms with E-state index in [0.717, 1.165) is 21.7 Å². The molecule has 8 rings (SSSR count). The Labute approximate surface area is 315 Å². The maximum Gasteiger partial charge on any atom is 0.295 e. The lowest BCUT2D eigenvalue weighted by atomic mass is 10.1. The van der Waals surface area contributed by atoms with Crippen molar-refractivity contribution in [2.45, 2.75) is 19.6 Å². The van der Waals surface area contributed by atoms with Gasteiger partial charge in [-0.25, -0.2) is 0 Å². The molecule has 284 valence electrons. The third-order valence-electron chi connectivity index (χ3n) is 8.67. The summed E-state index contributed by atoms with van der Waals surface area (Å²) in [5, 5.41) is 19.4. The summed E-state index contributed by atoms with van der Waals surface area (Å²) in [7, 11) is -18.7. The Kier molecular flexibility index (Phi) is 8.44. The number of benzene rings is 6. The van der Waals surface area contributed by atoms with Crippen molar-refractivity contribution in [1.82, 2.24) is 30.0 Å².